The number of anilines is 1. The molecular weight excluding hydrogens is 466 g/mol. The number of thiocarbonyl (C=S) groups is 1. The third-order valence-electron chi connectivity index (χ3n) is 6.64. The molecule has 0 unspecified atom stereocenters. The molecule has 182 valence electrons. The molecule has 1 saturated heterocycles. The Kier molecular flexibility index (Phi) is 6.82. The Hall–Kier alpha value is -3.97. The molecule has 7 heteroatoms. The second-order valence-electron chi connectivity index (χ2n) is 8.98. The Morgan fingerprint density at radius 3 is 2.39 bits per heavy atom. The highest BCUT2D eigenvalue weighted by Gasteiger charge is 2.41. The molecule has 0 saturated carbocycles. The Labute approximate surface area is 217 Å². The van der Waals surface area contributed by atoms with Crippen LogP contribution in [0.3, 0.4) is 0 Å². The van der Waals surface area contributed by atoms with E-state index in [2.05, 4.69) is 69.3 Å². The third kappa shape index (κ3) is 4.75. The molecule has 1 aliphatic rings. The van der Waals surface area contributed by atoms with E-state index in [1.54, 1.807) is 6.20 Å². The summed E-state index contributed by atoms with van der Waals surface area (Å²) in [6.45, 7) is 4.76. The van der Waals surface area contributed by atoms with Gasteiger partial charge in [0.2, 0.25) is 5.91 Å². The smallest absolute Gasteiger partial charge is 0.226 e. The molecule has 2 atom stereocenters. The van der Waals surface area contributed by atoms with Gasteiger partial charge in [-0.05, 0) is 74.1 Å². The zero-order valence-corrected chi connectivity index (χ0v) is 21.2. The molecule has 2 aromatic heterocycles. The predicted octanol–water partition coefficient (Wildman–Crippen LogP) is 5.49. The van der Waals surface area contributed by atoms with Crippen LogP contribution in [0.2, 0.25) is 0 Å². The maximum absolute atomic E-state index is 12.8. The summed E-state index contributed by atoms with van der Waals surface area (Å²) in [7, 11) is 0. The summed E-state index contributed by atoms with van der Waals surface area (Å²) in [5.41, 5.74) is 6.30. The van der Waals surface area contributed by atoms with Crippen LogP contribution in [0.25, 0.3) is 5.69 Å². The molecule has 1 amide bonds. The van der Waals surface area contributed by atoms with Gasteiger partial charge in [-0.15, -0.1) is 0 Å². The van der Waals surface area contributed by atoms with Gasteiger partial charge in [-0.2, -0.15) is 0 Å². The molecule has 1 aliphatic heterocycles. The molecule has 6 nitrogen and oxygen atoms in total. The van der Waals surface area contributed by atoms with Crippen LogP contribution in [0, 0.1) is 13.8 Å². The van der Waals surface area contributed by atoms with Crippen LogP contribution in [0.5, 0.6) is 0 Å². The molecule has 1 fully saturated rings. The van der Waals surface area contributed by atoms with Crippen molar-refractivity contribution in [3.63, 3.8) is 0 Å². The van der Waals surface area contributed by atoms with Crippen molar-refractivity contribution >= 4 is 28.9 Å². The van der Waals surface area contributed by atoms with Gasteiger partial charge in [0.05, 0.1) is 17.8 Å². The standard InChI is InChI=1S/C29H29N5OS/c1-20-19-24(21(2)34(20)23-13-7-4-8-14-23)28-27(25-15-9-10-17-30-25)32-29(36)33(28)18-16-26(35)31-22-11-5-3-6-12-22/h3-15,17,19,27-28H,16,18H2,1-2H3,(H,31,35)(H,32,36)/t27-,28+/m0/s1. The van der Waals surface area contributed by atoms with Crippen LogP contribution in [-0.2, 0) is 4.79 Å². The second kappa shape index (κ2) is 10.3. The molecule has 0 radical (unpaired) electrons. The van der Waals surface area contributed by atoms with Crippen LogP contribution in [-0.4, -0.2) is 32.0 Å². The van der Waals surface area contributed by atoms with Gasteiger partial charge in [-0.3, -0.25) is 9.78 Å². The average Bonchev–Trinajstić information content (AvgIpc) is 3.38. The van der Waals surface area contributed by atoms with E-state index in [4.69, 9.17) is 12.2 Å². The van der Waals surface area contributed by atoms with Crippen LogP contribution in [0.4, 0.5) is 5.69 Å². The number of hydrogen-bond acceptors (Lipinski definition) is 3. The molecule has 4 aromatic rings. The number of aryl methyl sites for hydroxylation is 1. The van der Waals surface area contributed by atoms with Crippen molar-refractivity contribution in [2.75, 3.05) is 11.9 Å². The van der Waals surface area contributed by atoms with Gasteiger partial charge in [0.15, 0.2) is 5.11 Å². The number of nitrogens with zero attached hydrogens (tertiary/aromatic N) is 3. The molecule has 0 bridgehead atoms. The van der Waals surface area contributed by atoms with Crippen LogP contribution >= 0.6 is 12.2 Å². The highest BCUT2D eigenvalue weighted by molar-refractivity contribution is 7.80. The summed E-state index contributed by atoms with van der Waals surface area (Å²) in [5.74, 6) is -0.0428. The lowest BCUT2D eigenvalue weighted by Crippen LogP contribution is -2.32. The fourth-order valence-electron chi connectivity index (χ4n) is 5.01. The van der Waals surface area contributed by atoms with E-state index in [1.165, 1.54) is 5.56 Å². The van der Waals surface area contributed by atoms with Gasteiger partial charge in [-0.1, -0.05) is 42.5 Å². The number of carbonyl (C=O) groups excluding carboxylic acids is 1. The largest absolute Gasteiger partial charge is 0.352 e. The SMILES string of the molecule is Cc1cc([C@@H]2[C@H](c3ccccn3)NC(=S)N2CCC(=O)Nc2ccccc2)c(C)n1-c1ccccc1. The Morgan fingerprint density at radius 1 is 1.00 bits per heavy atom. The van der Waals surface area contributed by atoms with Crippen molar-refractivity contribution in [1.82, 2.24) is 19.8 Å². The van der Waals surface area contributed by atoms with Gasteiger partial charge >= 0.3 is 0 Å². The van der Waals surface area contributed by atoms with E-state index in [0.29, 0.717) is 18.1 Å². The summed E-state index contributed by atoms with van der Waals surface area (Å²) >= 11 is 5.80. The Bertz CT molecular complexity index is 1350. The summed E-state index contributed by atoms with van der Waals surface area (Å²) < 4.78 is 2.27. The van der Waals surface area contributed by atoms with Crippen molar-refractivity contribution in [2.45, 2.75) is 32.4 Å². The number of para-hydroxylation sites is 2. The average molecular weight is 496 g/mol. The number of aromatic nitrogens is 2. The highest BCUT2D eigenvalue weighted by atomic mass is 32.1. The Balaban J connectivity index is 1.47. The van der Waals surface area contributed by atoms with E-state index in [9.17, 15) is 4.79 Å². The number of amides is 1. The first-order chi connectivity index (χ1) is 17.5. The monoisotopic (exact) mass is 495 g/mol. The predicted molar refractivity (Wildman–Crippen MR) is 147 cm³/mol. The van der Waals surface area contributed by atoms with Crippen LogP contribution in [0.1, 0.15) is 41.1 Å². The summed E-state index contributed by atoms with van der Waals surface area (Å²) in [5, 5.41) is 7.10. The number of nitrogens with one attached hydrogen (secondary N) is 2. The van der Waals surface area contributed by atoms with Crippen molar-refractivity contribution < 1.29 is 4.79 Å². The maximum atomic E-state index is 12.8. The summed E-state index contributed by atoms with van der Waals surface area (Å²) in [6.07, 6.45) is 2.12. The van der Waals surface area contributed by atoms with E-state index >= 15 is 0 Å². The van der Waals surface area contributed by atoms with E-state index in [0.717, 1.165) is 28.5 Å². The van der Waals surface area contributed by atoms with Gasteiger partial charge in [-0.25, -0.2) is 0 Å². The van der Waals surface area contributed by atoms with Crippen LogP contribution < -0.4 is 10.6 Å². The van der Waals surface area contributed by atoms with Gasteiger partial charge in [0.25, 0.3) is 0 Å². The number of carbonyl (C=O) groups is 1. The lowest BCUT2D eigenvalue weighted by atomic mass is 9.96. The van der Waals surface area contributed by atoms with E-state index < -0.39 is 0 Å². The van der Waals surface area contributed by atoms with Crippen molar-refractivity contribution in [1.29, 1.82) is 0 Å². The number of hydrogen-bond donors (Lipinski definition) is 2. The fraction of sp³-hybridized carbons (Fsp3) is 0.207. The zero-order valence-electron chi connectivity index (χ0n) is 20.4. The van der Waals surface area contributed by atoms with Crippen molar-refractivity contribution in [2.24, 2.45) is 0 Å². The van der Waals surface area contributed by atoms with Crippen molar-refractivity contribution in [3.05, 3.63) is 114 Å². The summed E-state index contributed by atoms with van der Waals surface area (Å²) in [6, 6.07) is 27.8. The quantitative estimate of drug-likeness (QED) is 0.332. The van der Waals surface area contributed by atoms with Gasteiger partial charge < -0.3 is 20.1 Å². The van der Waals surface area contributed by atoms with Gasteiger partial charge in [0, 0.05) is 41.9 Å². The molecule has 2 N–H and O–H groups in total. The minimum atomic E-state index is -0.124. The third-order valence-corrected chi connectivity index (χ3v) is 6.99. The van der Waals surface area contributed by atoms with Crippen LogP contribution in [0.15, 0.2) is 91.1 Å². The molecule has 36 heavy (non-hydrogen) atoms. The first-order valence-corrected chi connectivity index (χ1v) is 12.5. The van der Waals surface area contributed by atoms with E-state index in [-0.39, 0.29) is 18.0 Å². The molecular formula is C29H29N5OS. The number of pyridine rings is 1. The van der Waals surface area contributed by atoms with E-state index in [1.807, 2.05) is 54.6 Å². The molecule has 0 spiro atoms. The minimum absolute atomic E-state index is 0.0428. The normalized spacial score (nSPS) is 17.2. The van der Waals surface area contributed by atoms with Gasteiger partial charge in [0.1, 0.15) is 0 Å². The Morgan fingerprint density at radius 2 is 1.69 bits per heavy atom. The molecule has 5 rings (SSSR count). The minimum Gasteiger partial charge on any atom is -0.352 e. The highest BCUT2D eigenvalue weighted by Crippen LogP contribution is 2.41. The lowest BCUT2D eigenvalue weighted by Gasteiger charge is -2.28. The number of rotatable bonds is 7. The molecule has 3 heterocycles. The molecule has 0 aliphatic carbocycles. The summed E-state index contributed by atoms with van der Waals surface area (Å²) in [4.78, 5) is 19.5. The molecule has 2 aromatic carbocycles. The lowest BCUT2D eigenvalue weighted by molar-refractivity contribution is -0.116. The first kappa shape index (κ1) is 23.8. The van der Waals surface area contributed by atoms with Crippen molar-refractivity contribution in [3.8, 4) is 5.69 Å². The first-order valence-electron chi connectivity index (χ1n) is 12.1. The topological polar surface area (TPSA) is 62.2 Å². The fourth-order valence-corrected chi connectivity index (χ4v) is 5.35. The maximum Gasteiger partial charge on any atom is 0.226 e. The second-order valence-corrected chi connectivity index (χ2v) is 9.37. The number of benzene rings is 2. The zero-order chi connectivity index (χ0) is 25.1.